The van der Waals surface area contributed by atoms with Gasteiger partial charge in [-0.1, -0.05) is 0 Å². The second kappa shape index (κ2) is 3.76. The van der Waals surface area contributed by atoms with Gasteiger partial charge in [0.1, 0.15) is 0 Å². The first-order chi connectivity index (χ1) is 8.01. The van der Waals surface area contributed by atoms with Crippen LogP contribution in [0.25, 0.3) is 0 Å². The molecule has 0 unspecified atom stereocenters. The SMILES string of the molecule is Cc1ncsc1CCS(=O)(=O)N1CC2(CC2)C1. The van der Waals surface area contributed by atoms with Crippen LogP contribution < -0.4 is 0 Å². The van der Waals surface area contributed by atoms with Crippen molar-refractivity contribution in [2.24, 2.45) is 5.41 Å². The van der Waals surface area contributed by atoms with E-state index in [1.807, 2.05) is 6.92 Å². The predicted octanol–water partition coefficient (Wildman–Crippen LogP) is 1.42. The summed E-state index contributed by atoms with van der Waals surface area (Å²) >= 11 is 1.55. The summed E-state index contributed by atoms with van der Waals surface area (Å²) in [6.45, 7) is 3.45. The Bertz CT molecular complexity index is 523. The molecule has 1 spiro atoms. The van der Waals surface area contributed by atoms with E-state index in [9.17, 15) is 8.42 Å². The van der Waals surface area contributed by atoms with Crippen LogP contribution in [0.2, 0.25) is 0 Å². The maximum atomic E-state index is 12.0. The number of nitrogens with zero attached hydrogens (tertiary/aromatic N) is 2. The average Bonchev–Trinajstić information content (AvgIpc) is 2.92. The lowest BCUT2D eigenvalue weighted by molar-refractivity contribution is 0.178. The van der Waals surface area contributed by atoms with Crippen molar-refractivity contribution in [2.75, 3.05) is 18.8 Å². The molecule has 4 nitrogen and oxygen atoms in total. The van der Waals surface area contributed by atoms with Crippen molar-refractivity contribution in [2.45, 2.75) is 26.2 Å². The molecule has 0 atom stereocenters. The summed E-state index contributed by atoms with van der Waals surface area (Å²) in [6.07, 6.45) is 3.03. The lowest BCUT2D eigenvalue weighted by Crippen LogP contribution is -2.52. The lowest BCUT2D eigenvalue weighted by atomic mass is 10.0. The van der Waals surface area contributed by atoms with E-state index in [2.05, 4.69) is 4.98 Å². The Hall–Kier alpha value is -0.460. The first kappa shape index (κ1) is 11.6. The Kier molecular flexibility index (Phi) is 2.57. The number of thiazole rings is 1. The van der Waals surface area contributed by atoms with Crippen LogP contribution in [0.1, 0.15) is 23.4 Å². The minimum Gasteiger partial charge on any atom is -0.250 e. The minimum atomic E-state index is -3.04. The quantitative estimate of drug-likeness (QED) is 0.833. The highest BCUT2D eigenvalue weighted by atomic mass is 32.2. The lowest BCUT2D eigenvalue weighted by Gasteiger charge is -2.38. The van der Waals surface area contributed by atoms with Gasteiger partial charge in [0.05, 0.1) is 17.0 Å². The molecule has 0 radical (unpaired) electrons. The van der Waals surface area contributed by atoms with E-state index in [1.54, 1.807) is 21.2 Å². The van der Waals surface area contributed by atoms with Gasteiger partial charge in [-0.25, -0.2) is 17.7 Å². The summed E-state index contributed by atoms with van der Waals surface area (Å²) in [7, 11) is -3.04. The molecule has 0 N–H and O–H groups in total. The molecule has 1 aromatic heterocycles. The van der Waals surface area contributed by atoms with Crippen LogP contribution >= 0.6 is 11.3 Å². The van der Waals surface area contributed by atoms with Crippen molar-refractivity contribution in [3.05, 3.63) is 16.1 Å². The largest absolute Gasteiger partial charge is 0.250 e. The third-order valence-corrected chi connectivity index (χ3v) is 6.57. The van der Waals surface area contributed by atoms with Gasteiger partial charge in [-0.3, -0.25) is 0 Å². The molecule has 2 heterocycles. The molecule has 6 heteroatoms. The highest BCUT2D eigenvalue weighted by Crippen LogP contribution is 2.53. The van der Waals surface area contributed by atoms with Crippen LogP contribution in [0.5, 0.6) is 0 Å². The number of rotatable bonds is 4. The van der Waals surface area contributed by atoms with E-state index >= 15 is 0 Å². The molecule has 0 amide bonds. The fourth-order valence-electron chi connectivity index (χ4n) is 2.31. The Morgan fingerprint density at radius 2 is 2.18 bits per heavy atom. The molecule has 1 aliphatic heterocycles. The molecule has 1 saturated heterocycles. The van der Waals surface area contributed by atoms with Crippen LogP contribution in [0, 0.1) is 12.3 Å². The van der Waals surface area contributed by atoms with Gasteiger partial charge in [-0.05, 0) is 31.6 Å². The molecule has 0 aromatic carbocycles. The average molecular weight is 272 g/mol. The Labute approximate surface area is 106 Å². The van der Waals surface area contributed by atoms with Crippen molar-refractivity contribution in [3.63, 3.8) is 0 Å². The van der Waals surface area contributed by atoms with Crippen LogP contribution in [0.3, 0.4) is 0 Å². The van der Waals surface area contributed by atoms with Crippen LogP contribution in [0.15, 0.2) is 5.51 Å². The van der Waals surface area contributed by atoms with Gasteiger partial charge in [-0.2, -0.15) is 0 Å². The van der Waals surface area contributed by atoms with Crippen molar-refractivity contribution >= 4 is 21.4 Å². The fraction of sp³-hybridized carbons (Fsp3) is 0.727. The molecular formula is C11H16N2O2S2. The normalized spacial score (nSPS) is 22.6. The van der Waals surface area contributed by atoms with E-state index < -0.39 is 10.0 Å². The molecule has 1 saturated carbocycles. The van der Waals surface area contributed by atoms with Gasteiger partial charge in [0.2, 0.25) is 10.0 Å². The maximum Gasteiger partial charge on any atom is 0.214 e. The summed E-state index contributed by atoms with van der Waals surface area (Å²) < 4.78 is 25.7. The molecule has 2 fully saturated rings. The zero-order valence-corrected chi connectivity index (χ0v) is 11.5. The molecule has 0 bridgehead atoms. The topological polar surface area (TPSA) is 50.3 Å². The summed E-state index contributed by atoms with van der Waals surface area (Å²) in [4.78, 5) is 5.23. The van der Waals surface area contributed by atoms with Gasteiger partial charge in [0.15, 0.2) is 0 Å². The van der Waals surface area contributed by atoms with Gasteiger partial charge >= 0.3 is 0 Å². The monoisotopic (exact) mass is 272 g/mol. The van der Waals surface area contributed by atoms with E-state index in [0.717, 1.165) is 23.7 Å². The number of hydrogen-bond donors (Lipinski definition) is 0. The second-order valence-corrected chi connectivity index (χ2v) is 8.22. The molecule has 94 valence electrons. The molecule has 17 heavy (non-hydrogen) atoms. The number of sulfonamides is 1. The summed E-state index contributed by atoms with van der Waals surface area (Å²) in [5.74, 6) is 0.228. The third kappa shape index (κ3) is 2.13. The van der Waals surface area contributed by atoms with Crippen molar-refractivity contribution in [1.29, 1.82) is 0 Å². The summed E-state index contributed by atoms with van der Waals surface area (Å²) in [6, 6.07) is 0. The zero-order valence-electron chi connectivity index (χ0n) is 9.85. The fourth-order valence-corrected chi connectivity index (χ4v) is 4.88. The van der Waals surface area contributed by atoms with Crippen molar-refractivity contribution in [3.8, 4) is 0 Å². The Balaban J connectivity index is 1.59. The van der Waals surface area contributed by atoms with E-state index in [-0.39, 0.29) is 5.75 Å². The predicted molar refractivity (Wildman–Crippen MR) is 67.6 cm³/mol. The molecule has 3 rings (SSSR count). The van der Waals surface area contributed by atoms with Gasteiger partial charge in [-0.15, -0.1) is 11.3 Å². The summed E-state index contributed by atoms with van der Waals surface area (Å²) in [5, 5.41) is 0. The second-order valence-electron chi connectivity index (χ2n) is 5.20. The van der Waals surface area contributed by atoms with Gasteiger partial charge in [0, 0.05) is 18.0 Å². The highest BCUT2D eigenvalue weighted by molar-refractivity contribution is 7.89. The van der Waals surface area contributed by atoms with Gasteiger partial charge in [0.25, 0.3) is 0 Å². The zero-order chi connectivity index (χ0) is 12.1. The Morgan fingerprint density at radius 1 is 1.47 bits per heavy atom. The molecule has 1 aliphatic carbocycles. The first-order valence-corrected chi connectivity index (χ1v) is 8.37. The van der Waals surface area contributed by atoms with Crippen LogP contribution in [0.4, 0.5) is 0 Å². The van der Waals surface area contributed by atoms with Crippen LogP contribution in [-0.4, -0.2) is 36.5 Å². The number of aromatic nitrogens is 1. The molecule has 2 aliphatic rings. The van der Waals surface area contributed by atoms with E-state index in [1.165, 1.54) is 12.8 Å². The molecule has 1 aromatic rings. The van der Waals surface area contributed by atoms with E-state index in [0.29, 0.717) is 11.8 Å². The van der Waals surface area contributed by atoms with Crippen molar-refractivity contribution in [1.82, 2.24) is 9.29 Å². The minimum absolute atomic E-state index is 0.228. The Morgan fingerprint density at radius 3 is 2.71 bits per heavy atom. The highest BCUT2D eigenvalue weighted by Gasteiger charge is 2.55. The maximum absolute atomic E-state index is 12.0. The molecular weight excluding hydrogens is 256 g/mol. The van der Waals surface area contributed by atoms with Crippen LogP contribution in [-0.2, 0) is 16.4 Å². The standard InChI is InChI=1S/C11H16N2O2S2/c1-9-10(16-8-12-9)2-5-17(14,15)13-6-11(7-13)3-4-11/h8H,2-7H2,1H3. The van der Waals surface area contributed by atoms with Crippen molar-refractivity contribution < 1.29 is 8.42 Å². The number of aryl methyl sites for hydroxylation is 2. The first-order valence-electron chi connectivity index (χ1n) is 5.88. The third-order valence-electron chi connectivity index (χ3n) is 3.81. The smallest absolute Gasteiger partial charge is 0.214 e. The van der Waals surface area contributed by atoms with E-state index in [4.69, 9.17) is 0 Å². The number of hydrogen-bond acceptors (Lipinski definition) is 4. The van der Waals surface area contributed by atoms with Gasteiger partial charge < -0.3 is 0 Å². The summed E-state index contributed by atoms with van der Waals surface area (Å²) in [5.41, 5.74) is 3.14.